The Kier molecular flexibility index (Phi) is 3.87. The molecule has 1 aromatic rings. The van der Waals surface area contributed by atoms with E-state index in [4.69, 9.17) is 11.6 Å². The number of alkyl halides is 1. The number of nitro benzene ring substituents is 1. The van der Waals surface area contributed by atoms with Crippen molar-refractivity contribution < 1.29 is 9.72 Å². The molecule has 96 valence electrons. The SMILES string of the molecule is O=C(c1c(Cl)cccc1[N+](=O)[O-])N1CCC(Br)C1. The van der Waals surface area contributed by atoms with E-state index in [-0.39, 0.29) is 27.0 Å². The van der Waals surface area contributed by atoms with Crippen molar-refractivity contribution in [2.45, 2.75) is 11.2 Å². The first kappa shape index (κ1) is 13.3. The maximum atomic E-state index is 12.3. The van der Waals surface area contributed by atoms with E-state index in [2.05, 4.69) is 15.9 Å². The molecule has 0 bridgehead atoms. The molecular formula is C11H10BrClN2O3. The minimum Gasteiger partial charge on any atom is -0.337 e. The molecule has 7 heteroatoms. The van der Waals surface area contributed by atoms with Gasteiger partial charge in [-0.1, -0.05) is 33.6 Å². The van der Waals surface area contributed by atoms with Crippen LogP contribution in [0, 0.1) is 10.1 Å². The lowest BCUT2D eigenvalue weighted by Crippen LogP contribution is -2.29. The molecular weight excluding hydrogens is 323 g/mol. The van der Waals surface area contributed by atoms with Gasteiger partial charge in [-0.2, -0.15) is 0 Å². The zero-order chi connectivity index (χ0) is 13.3. The molecule has 1 saturated heterocycles. The topological polar surface area (TPSA) is 63.4 Å². The summed E-state index contributed by atoms with van der Waals surface area (Å²) >= 11 is 9.34. The number of carbonyl (C=O) groups is 1. The number of nitro groups is 1. The third-order valence-corrected chi connectivity index (χ3v) is 3.88. The molecule has 1 atom stereocenters. The van der Waals surface area contributed by atoms with Crippen LogP contribution in [0.25, 0.3) is 0 Å². The summed E-state index contributed by atoms with van der Waals surface area (Å²) < 4.78 is 0. The van der Waals surface area contributed by atoms with Crippen molar-refractivity contribution in [3.05, 3.63) is 38.9 Å². The molecule has 0 radical (unpaired) electrons. The summed E-state index contributed by atoms with van der Waals surface area (Å²) in [5.41, 5.74) is -0.267. The maximum absolute atomic E-state index is 12.3. The van der Waals surface area contributed by atoms with E-state index in [0.717, 1.165) is 6.42 Å². The van der Waals surface area contributed by atoms with E-state index < -0.39 is 4.92 Å². The van der Waals surface area contributed by atoms with Crippen LogP contribution in [0.4, 0.5) is 5.69 Å². The van der Waals surface area contributed by atoms with E-state index in [1.807, 2.05) is 0 Å². The molecule has 0 aromatic heterocycles. The molecule has 1 amide bonds. The standard InChI is InChI=1S/C11H10BrClN2O3/c12-7-4-5-14(6-7)11(16)10-8(13)2-1-3-9(10)15(17)18/h1-3,7H,4-6H2. The smallest absolute Gasteiger partial charge is 0.283 e. The fourth-order valence-corrected chi connectivity index (χ4v) is 2.74. The van der Waals surface area contributed by atoms with E-state index in [0.29, 0.717) is 13.1 Å². The third-order valence-electron chi connectivity index (χ3n) is 2.82. The Labute approximate surface area is 117 Å². The summed E-state index contributed by atoms with van der Waals surface area (Å²) in [5.74, 6) is -0.380. The van der Waals surface area contributed by atoms with Crippen LogP contribution in [0.2, 0.25) is 5.02 Å². The lowest BCUT2D eigenvalue weighted by Gasteiger charge is -2.16. The molecule has 0 spiro atoms. The van der Waals surface area contributed by atoms with Crippen LogP contribution in [-0.2, 0) is 0 Å². The maximum Gasteiger partial charge on any atom is 0.283 e. The van der Waals surface area contributed by atoms with Crippen molar-refractivity contribution in [2.24, 2.45) is 0 Å². The molecule has 1 aliphatic rings. The number of benzene rings is 1. The Hall–Kier alpha value is -1.14. The van der Waals surface area contributed by atoms with E-state index in [9.17, 15) is 14.9 Å². The van der Waals surface area contributed by atoms with Gasteiger partial charge >= 0.3 is 0 Å². The Balaban J connectivity index is 2.38. The predicted molar refractivity (Wildman–Crippen MR) is 71.3 cm³/mol. The van der Waals surface area contributed by atoms with Gasteiger partial charge in [0.1, 0.15) is 5.56 Å². The number of likely N-dealkylation sites (tertiary alicyclic amines) is 1. The minimum atomic E-state index is -0.583. The number of carbonyl (C=O) groups excluding carboxylic acids is 1. The highest BCUT2D eigenvalue weighted by atomic mass is 79.9. The molecule has 0 saturated carbocycles. The fourth-order valence-electron chi connectivity index (χ4n) is 1.94. The van der Waals surface area contributed by atoms with Gasteiger partial charge in [-0.25, -0.2) is 0 Å². The van der Waals surface area contributed by atoms with Crippen molar-refractivity contribution in [1.82, 2.24) is 4.90 Å². The number of nitrogens with zero attached hydrogens (tertiary/aromatic N) is 2. The average molecular weight is 334 g/mol. The Morgan fingerprint density at radius 1 is 1.56 bits per heavy atom. The summed E-state index contributed by atoms with van der Waals surface area (Å²) in [6.07, 6.45) is 0.837. The lowest BCUT2D eigenvalue weighted by molar-refractivity contribution is -0.385. The molecule has 0 N–H and O–H groups in total. The lowest BCUT2D eigenvalue weighted by atomic mass is 10.1. The molecule has 2 rings (SSSR count). The fraction of sp³-hybridized carbons (Fsp3) is 0.364. The molecule has 1 unspecified atom stereocenters. The molecule has 1 aliphatic heterocycles. The number of hydrogen-bond donors (Lipinski definition) is 0. The van der Waals surface area contributed by atoms with Gasteiger partial charge in [-0.3, -0.25) is 14.9 Å². The molecule has 1 heterocycles. The Morgan fingerprint density at radius 2 is 2.28 bits per heavy atom. The first-order chi connectivity index (χ1) is 8.50. The van der Waals surface area contributed by atoms with Crippen LogP contribution in [0.5, 0.6) is 0 Å². The summed E-state index contributed by atoms with van der Waals surface area (Å²) in [4.78, 5) is 24.4. The Bertz CT molecular complexity index is 509. The monoisotopic (exact) mass is 332 g/mol. The highest BCUT2D eigenvalue weighted by Gasteiger charge is 2.31. The molecule has 5 nitrogen and oxygen atoms in total. The van der Waals surface area contributed by atoms with E-state index in [1.54, 1.807) is 4.90 Å². The van der Waals surface area contributed by atoms with Gasteiger partial charge in [0.2, 0.25) is 0 Å². The van der Waals surface area contributed by atoms with Crippen molar-refractivity contribution in [1.29, 1.82) is 0 Å². The van der Waals surface area contributed by atoms with Crippen LogP contribution in [0.1, 0.15) is 16.8 Å². The zero-order valence-corrected chi connectivity index (χ0v) is 11.6. The number of rotatable bonds is 2. The largest absolute Gasteiger partial charge is 0.337 e. The van der Waals surface area contributed by atoms with Crippen LogP contribution in [0.3, 0.4) is 0 Å². The average Bonchev–Trinajstić information content (AvgIpc) is 2.74. The van der Waals surface area contributed by atoms with Crippen molar-refractivity contribution >= 4 is 39.1 Å². The van der Waals surface area contributed by atoms with Gasteiger partial charge in [-0.05, 0) is 12.5 Å². The van der Waals surface area contributed by atoms with Gasteiger partial charge < -0.3 is 4.90 Å². The summed E-state index contributed by atoms with van der Waals surface area (Å²) in [6, 6.07) is 4.25. The highest BCUT2D eigenvalue weighted by molar-refractivity contribution is 9.09. The van der Waals surface area contributed by atoms with Gasteiger partial charge in [0, 0.05) is 24.0 Å². The van der Waals surface area contributed by atoms with Crippen LogP contribution >= 0.6 is 27.5 Å². The van der Waals surface area contributed by atoms with E-state index in [1.165, 1.54) is 18.2 Å². The second-order valence-electron chi connectivity index (χ2n) is 4.03. The van der Waals surface area contributed by atoms with Crippen molar-refractivity contribution in [3.63, 3.8) is 0 Å². The molecule has 18 heavy (non-hydrogen) atoms. The third kappa shape index (κ3) is 2.49. The molecule has 0 aliphatic carbocycles. The van der Waals surface area contributed by atoms with Crippen molar-refractivity contribution in [2.75, 3.05) is 13.1 Å². The van der Waals surface area contributed by atoms with Crippen LogP contribution in [0.15, 0.2) is 18.2 Å². The molecule has 1 fully saturated rings. The number of hydrogen-bond acceptors (Lipinski definition) is 3. The first-order valence-electron chi connectivity index (χ1n) is 5.37. The number of amides is 1. The van der Waals surface area contributed by atoms with Gasteiger partial charge in [0.15, 0.2) is 0 Å². The van der Waals surface area contributed by atoms with Crippen LogP contribution < -0.4 is 0 Å². The normalized spacial score (nSPS) is 19.0. The summed E-state index contributed by atoms with van der Waals surface area (Å²) in [7, 11) is 0. The van der Waals surface area contributed by atoms with E-state index >= 15 is 0 Å². The van der Waals surface area contributed by atoms with Gasteiger partial charge in [-0.15, -0.1) is 0 Å². The highest BCUT2D eigenvalue weighted by Crippen LogP contribution is 2.29. The molecule has 1 aromatic carbocycles. The Morgan fingerprint density at radius 3 is 2.83 bits per heavy atom. The summed E-state index contributed by atoms with van der Waals surface area (Å²) in [5, 5.41) is 11.0. The van der Waals surface area contributed by atoms with Gasteiger partial charge in [0.25, 0.3) is 11.6 Å². The van der Waals surface area contributed by atoms with Crippen molar-refractivity contribution in [3.8, 4) is 0 Å². The number of halogens is 2. The first-order valence-corrected chi connectivity index (χ1v) is 6.66. The van der Waals surface area contributed by atoms with Gasteiger partial charge in [0.05, 0.1) is 9.95 Å². The minimum absolute atomic E-state index is 0.0224. The quantitative estimate of drug-likeness (QED) is 0.475. The predicted octanol–water partition coefficient (Wildman–Crippen LogP) is 2.86. The second kappa shape index (κ2) is 5.24. The zero-order valence-electron chi connectivity index (χ0n) is 9.31. The van der Waals surface area contributed by atoms with Crippen LogP contribution in [-0.4, -0.2) is 33.6 Å². The second-order valence-corrected chi connectivity index (χ2v) is 5.73. The summed E-state index contributed by atoms with van der Waals surface area (Å²) in [6.45, 7) is 1.12.